The molecular weight excluding hydrogens is 753 g/mol. The van der Waals surface area contributed by atoms with E-state index in [2.05, 4.69) is 210 Å². The predicted octanol–water partition coefficient (Wildman–Crippen LogP) is 17.1. The van der Waals surface area contributed by atoms with Crippen molar-refractivity contribution in [2.75, 3.05) is 0 Å². The zero-order valence-corrected chi connectivity index (χ0v) is 35.5. The highest BCUT2D eigenvalue weighted by atomic mass is 32.1. The van der Waals surface area contributed by atoms with Gasteiger partial charge in [0.2, 0.25) is 0 Å². The van der Waals surface area contributed by atoms with Crippen molar-refractivity contribution in [3.8, 4) is 55.6 Å². The molecule has 0 bridgehead atoms. The Morgan fingerprint density at radius 1 is 0.311 bits per heavy atom. The molecule has 0 fully saturated rings. The minimum absolute atomic E-state index is 0.0977. The van der Waals surface area contributed by atoms with Crippen LogP contribution in [0.3, 0.4) is 0 Å². The second-order valence-electron chi connectivity index (χ2n) is 18.3. The molecule has 0 aliphatic heterocycles. The van der Waals surface area contributed by atoms with Gasteiger partial charge in [-0.25, -0.2) is 0 Å². The maximum atomic E-state index is 2.50. The second kappa shape index (κ2) is 12.4. The van der Waals surface area contributed by atoms with Crippen molar-refractivity contribution < 1.29 is 0 Å². The van der Waals surface area contributed by atoms with E-state index in [1.165, 1.54) is 130 Å². The van der Waals surface area contributed by atoms with E-state index in [4.69, 9.17) is 0 Å². The molecule has 2 aliphatic rings. The summed E-state index contributed by atoms with van der Waals surface area (Å²) in [6, 6.07) is 68.7. The molecule has 0 N–H and O–H groups in total. The summed E-state index contributed by atoms with van der Waals surface area (Å²) in [6.45, 7) is 9.66. The molecule has 0 atom stereocenters. The third-order valence-corrected chi connectivity index (χ3v) is 15.7. The van der Waals surface area contributed by atoms with Crippen LogP contribution >= 0.6 is 11.3 Å². The fraction of sp³-hybridized carbons (Fsp3) is 0.100. The highest BCUT2D eigenvalue weighted by Crippen LogP contribution is 2.57. The first-order chi connectivity index (χ1) is 29.8. The minimum atomic E-state index is -0.149. The van der Waals surface area contributed by atoms with Crippen molar-refractivity contribution >= 4 is 63.8 Å². The molecule has 0 saturated heterocycles. The lowest BCUT2D eigenvalue weighted by molar-refractivity contribution is 0.660. The predicted molar refractivity (Wildman–Crippen MR) is 263 cm³/mol. The lowest BCUT2D eigenvalue weighted by atomic mass is 9.80. The molecule has 0 spiro atoms. The van der Waals surface area contributed by atoms with Gasteiger partial charge in [-0.2, -0.15) is 0 Å². The molecule has 13 rings (SSSR count). The molecule has 0 amide bonds. The van der Waals surface area contributed by atoms with Crippen LogP contribution in [-0.2, 0) is 10.8 Å². The summed E-state index contributed by atoms with van der Waals surface area (Å²) in [4.78, 5) is 0. The normalized spacial score (nSPS) is 14.5. The van der Waals surface area contributed by atoms with Gasteiger partial charge in [0.05, 0.1) is 0 Å². The van der Waals surface area contributed by atoms with Crippen molar-refractivity contribution in [2.24, 2.45) is 0 Å². The van der Waals surface area contributed by atoms with Gasteiger partial charge in [-0.3, -0.25) is 0 Å². The first kappa shape index (κ1) is 35.0. The Kier molecular flexibility index (Phi) is 7.11. The van der Waals surface area contributed by atoms with Crippen LogP contribution in [0.2, 0.25) is 0 Å². The van der Waals surface area contributed by atoms with Crippen LogP contribution in [0.15, 0.2) is 182 Å². The summed E-state index contributed by atoms with van der Waals surface area (Å²) in [7, 11) is 0. The van der Waals surface area contributed by atoms with E-state index in [-0.39, 0.29) is 10.8 Å². The number of rotatable bonds is 3. The first-order valence-corrected chi connectivity index (χ1v) is 22.4. The van der Waals surface area contributed by atoms with Crippen molar-refractivity contribution in [3.05, 3.63) is 204 Å². The second-order valence-corrected chi connectivity index (χ2v) is 19.4. The van der Waals surface area contributed by atoms with Crippen LogP contribution in [0, 0.1) is 0 Å². The summed E-state index contributed by atoms with van der Waals surface area (Å²) in [5.74, 6) is 0. The zero-order chi connectivity index (χ0) is 40.8. The van der Waals surface area contributed by atoms with E-state index in [0.29, 0.717) is 0 Å². The smallest absolute Gasteiger partial charge is 0.0433 e. The van der Waals surface area contributed by atoms with Gasteiger partial charge in [0.15, 0.2) is 0 Å². The highest BCUT2D eigenvalue weighted by molar-refractivity contribution is 7.26. The Hall–Kier alpha value is -6.80. The molecule has 0 unspecified atom stereocenters. The Balaban J connectivity index is 0.968. The van der Waals surface area contributed by atoms with E-state index in [9.17, 15) is 0 Å². The molecule has 11 aromatic rings. The summed E-state index contributed by atoms with van der Waals surface area (Å²) in [5.41, 5.74) is 18.7. The van der Waals surface area contributed by atoms with Crippen molar-refractivity contribution in [1.29, 1.82) is 0 Å². The largest absolute Gasteiger partial charge is 0.134 e. The summed E-state index contributed by atoms with van der Waals surface area (Å²) >= 11 is 1.99. The third kappa shape index (κ3) is 4.70. The molecule has 2 aliphatic carbocycles. The van der Waals surface area contributed by atoms with Gasteiger partial charge < -0.3 is 0 Å². The molecule has 1 heterocycles. The maximum absolute atomic E-state index is 2.50. The third-order valence-electron chi connectivity index (χ3n) is 14.4. The highest BCUT2D eigenvalue weighted by Gasteiger charge is 2.39. The number of fused-ring (bicyclic) bond motifs is 14. The SMILES string of the molecule is CC1(C)c2ccc(-c3cccc4c3sc3c5c(ccc34)-c3c(ccc4ccccc34)C5(C)C)cc2-c2ccc(-c3c4ccccc4c(-c4ccccc4)c4ccccc34)cc21. The topological polar surface area (TPSA) is 0 Å². The standard InChI is InChI=1S/C60H42S/c1-59(2)50-31-27-37(40-23-14-24-46-47-29-30-48-55-39-18-9-8-15-35(39)26-32-51(55)60(3,4)56(48)58(47)61-57(40)46)33-49(50)41-28-25-38(34-52(41)59)54-44-21-12-10-19-42(44)53(36-16-6-5-7-17-36)43-20-11-13-22-45(43)54/h5-34H,1-4H3. The van der Waals surface area contributed by atoms with Crippen molar-refractivity contribution in [2.45, 2.75) is 38.5 Å². The van der Waals surface area contributed by atoms with Crippen LogP contribution in [0.5, 0.6) is 0 Å². The number of thiophene rings is 1. The van der Waals surface area contributed by atoms with Gasteiger partial charge in [0, 0.05) is 31.0 Å². The van der Waals surface area contributed by atoms with E-state index in [0.717, 1.165) is 0 Å². The Morgan fingerprint density at radius 2 is 0.902 bits per heavy atom. The van der Waals surface area contributed by atoms with E-state index >= 15 is 0 Å². The maximum Gasteiger partial charge on any atom is 0.0433 e. The van der Waals surface area contributed by atoms with Gasteiger partial charge in [-0.05, 0) is 122 Å². The fourth-order valence-corrected chi connectivity index (χ4v) is 13.1. The van der Waals surface area contributed by atoms with E-state index < -0.39 is 0 Å². The molecule has 1 aromatic heterocycles. The molecule has 1 heteroatoms. The van der Waals surface area contributed by atoms with Gasteiger partial charge in [-0.15, -0.1) is 11.3 Å². The van der Waals surface area contributed by atoms with Crippen LogP contribution in [-0.4, -0.2) is 0 Å². The van der Waals surface area contributed by atoms with Crippen LogP contribution in [0.1, 0.15) is 49.9 Å². The van der Waals surface area contributed by atoms with E-state index in [1.807, 2.05) is 11.3 Å². The first-order valence-electron chi connectivity index (χ1n) is 21.6. The fourth-order valence-electron chi connectivity index (χ4n) is 11.6. The molecule has 10 aromatic carbocycles. The molecule has 0 saturated carbocycles. The summed E-state index contributed by atoms with van der Waals surface area (Å²) in [6.07, 6.45) is 0. The van der Waals surface area contributed by atoms with Crippen LogP contribution in [0.4, 0.5) is 0 Å². The molecule has 0 radical (unpaired) electrons. The molecule has 288 valence electrons. The Bertz CT molecular complexity index is 3630. The van der Waals surface area contributed by atoms with Crippen molar-refractivity contribution in [3.63, 3.8) is 0 Å². The molecular formula is C60H42S. The quantitative estimate of drug-likeness (QED) is 0.156. The van der Waals surface area contributed by atoms with E-state index in [1.54, 1.807) is 0 Å². The lowest BCUT2D eigenvalue weighted by Gasteiger charge is -2.23. The van der Waals surface area contributed by atoms with Gasteiger partial charge in [-0.1, -0.05) is 198 Å². The Labute approximate surface area is 360 Å². The van der Waals surface area contributed by atoms with Gasteiger partial charge in [0.25, 0.3) is 0 Å². The summed E-state index contributed by atoms with van der Waals surface area (Å²) in [5, 5.41) is 10.5. The van der Waals surface area contributed by atoms with Gasteiger partial charge >= 0.3 is 0 Å². The van der Waals surface area contributed by atoms with Crippen molar-refractivity contribution in [1.82, 2.24) is 0 Å². The average Bonchev–Trinajstić information content (AvgIpc) is 3.87. The number of benzene rings is 10. The number of hydrogen-bond donors (Lipinski definition) is 0. The summed E-state index contributed by atoms with van der Waals surface area (Å²) < 4.78 is 2.79. The monoisotopic (exact) mass is 794 g/mol. The molecule has 61 heavy (non-hydrogen) atoms. The molecule has 0 nitrogen and oxygen atoms in total. The number of hydrogen-bond acceptors (Lipinski definition) is 1. The Morgan fingerprint density at radius 3 is 1.64 bits per heavy atom. The lowest BCUT2D eigenvalue weighted by Crippen LogP contribution is -2.15. The van der Waals surface area contributed by atoms with Crippen LogP contribution < -0.4 is 0 Å². The average molecular weight is 795 g/mol. The van der Waals surface area contributed by atoms with Gasteiger partial charge in [0.1, 0.15) is 0 Å². The minimum Gasteiger partial charge on any atom is -0.134 e. The van der Waals surface area contributed by atoms with Crippen LogP contribution in [0.25, 0.3) is 108 Å². The zero-order valence-electron chi connectivity index (χ0n) is 34.7.